The highest BCUT2D eigenvalue weighted by Crippen LogP contribution is 2.36. The quantitative estimate of drug-likeness (QED) is 0.663. The van der Waals surface area contributed by atoms with Gasteiger partial charge in [-0.2, -0.15) is 0 Å². The van der Waals surface area contributed by atoms with E-state index in [4.69, 9.17) is 9.31 Å². The number of pyridine rings is 1. The summed E-state index contributed by atoms with van der Waals surface area (Å²) < 4.78 is 12.1. The van der Waals surface area contributed by atoms with Gasteiger partial charge in [0.2, 0.25) is 0 Å². The number of nitrogens with zero attached hydrogens (tertiary/aromatic N) is 1. The molecular formula is C15H25BN2O2. The van der Waals surface area contributed by atoms with E-state index in [1.54, 1.807) is 0 Å². The van der Waals surface area contributed by atoms with Gasteiger partial charge in [0.1, 0.15) is 0 Å². The molecule has 0 aliphatic carbocycles. The van der Waals surface area contributed by atoms with E-state index in [1.165, 1.54) is 6.42 Å². The molecule has 0 bridgehead atoms. The molecule has 0 aromatic carbocycles. The largest absolute Gasteiger partial charge is 0.496 e. The minimum Gasteiger partial charge on any atom is -0.399 e. The lowest BCUT2D eigenvalue weighted by Crippen LogP contribution is -2.41. The smallest absolute Gasteiger partial charge is 0.399 e. The number of rotatable bonds is 5. The molecule has 1 aliphatic rings. The zero-order valence-corrected chi connectivity index (χ0v) is 13.2. The zero-order valence-electron chi connectivity index (χ0n) is 13.2. The summed E-state index contributed by atoms with van der Waals surface area (Å²) >= 11 is 0. The van der Waals surface area contributed by atoms with Crippen LogP contribution in [0.2, 0.25) is 0 Å². The van der Waals surface area contributed by atoms with Crippen molar-refractivity contribution in [2.24, 2.45) is 0 Å². The molecule has 0 spiro atoms. The molecule has 2 heterocycles. The summed E-state index contributed by atoms with van der Waals surface area (Å²) in [5, 5.41) is 3.38. The average Bonchev–Trinajstić information content (AvgIpc) is 2.59. The number of anilines is 1. The van der Waals surface area contributed by atoms with Crippen LogP contribution in [0.15, 0.2) is 18.5 Å². The van der Waals surface area contributed by atoms with Crippen molar-refractivity contribution < 1.29 is 9.31 Å². The minimum atomic E-state index is -0.347. The molecule has 1 fully saturated rings. The van der Waals surface area contributed by atoms with E-state index >= 15 is 0 Å². The van der Waals surface area contributed by atoms with Crippen LogP contribution in [0.3, 0.4) is 0 Å². The monoisotopic (exact) mass is 276 g/mol. The van der Waals surface area contributed by atoms with Gasteiger partial charge in [0.25, 0.3) is 0 Å². The molecule has 5 heteroatoms. The van der Waals surface area contributed by atoms with Gasteiger partial charge in [-0.05, 0) is 40.2 Å². The van der Waals surface area contributed by atoms with Crippen LogP contribution in [0.5, 0.6) is 0 Å². The van der Waals surface area contributed by atoms with Crippen LogP contribution >= 0.6 is 0 Å². The standard InChI is InChI=1S/C15H25BN2O2/c1-6-7-8-18-13-9-12(10-17-11-13)16-19-14(2,3)15(4,5)20-16/h9-11,18H,6-8H2,1-5H3. The first-order valence-electron chi connectivity index (χ1n) is 7.40. The van der Waals surface area contributed by atoms with E-state index in [1.807, 2.05) is 12.4 Å². The third-order valence-corrected chi connectivity index (χ3v) is 4.14. The first-order valence-corrected chi connectivity index (χ1v) is 7.40. The van der Waals surface area contributed by atoms with Crippen molar-refractivity contribution in [3.8, 4) is 0 Å². The van der Waals surface area contributed by atoms with Gasteiger partial charge in [-0.25, -0.2) is 0 Å². The summed E-state index contributed by atoms with van der Waals surface area (Å²) in [7, 11) is -0.347. The summed E-state index contributed by atoms with van der Waals surface area (Å²) in [6.45, 7) is 11.4. The highest BCUT2D eigenvalue weighted by Gasteiger charge is 2.51. The maximum atomic E-state index is 6.04. The third-order valence-electron chi connectivity index (χ3n) is 4.14. The second-order valence-corrected chi connectivity index (χ2v) is 6.38. The Balaban J connectivity index is 2.09. The highest BCUT2D eigenvalue weighted by molar-refractivity contribution is 6.62. The van der Waals surface area contributed by atoms with E-state index < -0.39 is 0 Å². The molecule has 1 aromatic heterocycles. The van der Waals surface area contributed by atoms with Gasteiger partial charge in [0, 0.05) is 24.4 Å². The number of hydrogen-bond acceptors (Lipinski definition) is 4. The van der Waals surface area contributed by atoms with E-state index in [0.717, 1.165) is 24.1 Å². The summed E-state index contributed by atoms with van der Waals surface area (Å²) in [4.78, 5) is 4.28. The maximum Gasteiger partial charge on any atom is 0.496 e. The molecule has 1 aromatic rings. The Morgan fingerprint density at radius 2 is 1.80 bits per heavy atom. The van der Waals surface area contributed by atoms with E-state index in [-0.39, 0.29) is 18.3 Å². The van der Waals surface area contributed by atoms with Crippen LogP contribution in [0.1, 0.15) is 47.5 Å². The van der Waals surface area contributed by atoms with E-state index in [2.05, 4.69) is 51.0 Å². The van der Waals surface area contributed by atoms with Crippen LogP contribution in [0.25, 0.3) is 0 Å². The summed E-state index contributed by atoms with van der Waals surface area (Å²) in [5.74, 6) is 0. The minimum absolute atomic E-state index is 0.316. The Morgan fingerprint density at radius 3 is 2.40 bits per heavy atom. The fourth-order valence-electron chi connectivity index (χ4n) is 2.07. The lowest BCUT2D eigenvalue weighted by atomic mass is 9.80. The van der Waals surface area contributed by atoms with Gasteiger partial charge < -0.3 is 14.6 Å². The fourth-order valence-corrected chi connectivity index (χ4v) is 2.07. The van der Waals surface area contributed by atoms with Gasteiger partial charge in [-0.1, -0.05) is 13.3 Å². The van der Waals surface area contributed by atoms with Crippen molar-refractivity contribution >= 4 is 18.3 Å². The second-order valence-electron chi connectivity index (χ2n) is 6.38. The van der Waals surface area contributed by atoms with Gasteiger partial charge in [0.15, 0.2) is 0 Å². The van der Waals surface area contributed by atoms with Crippen LogP contribution in [-0.2, 0) is 9.31 Å². The predicted molar refractivity (Wildman–Crippen MR) is 83.4 cm³/mol. The molecule has 0 atom stereocenters. The molecule has 4 nitrogen and oxygen atoms in total. The molecule has 1 saturated heterocycles. The lowest BCUT2D eigenvalue weighted by Gasteiger charge is -2.32. The van der Waals surface area contributed by atoms with Crippen molar-refractivity contribution in [1.82, 2.24) is 4.98 Å². The molecule has 110 valence electrons. The number of unbranched alkanes of at least 4 members (excludes halogenated alkanes) is 1. The Labute approximate surface area is 122 Å². The molecule has 1 aliphatic heterocycles. The molecule has 0 radical (unpaired) electrons. The average molecular weight is 276 g/mol. The van der Waals surface area contributed by atoms with E-state index in [0.29, 0.717) is 0 Å². The molecule has 0 unspecified atom stereocenters. The molecule has 0 amide bonds. The molecular weight excluding hydrogens is 251 g/mol. The Morgan fingerprint density at radius 1 is 1.15 bits per heavy atom. The Hall–Kier alpha value is -1.07. The van der Waals surface area contributed by atoms with Crippen LogP contribution in [-0.4, -0.2) is 29.8 Å². The lowest BCUT2D eigenvalue weighted by molar-refractivity contribution is 0.00578. The molecule has 2 rings (SSSR count). The first kappa shape index (κ1) is 15.3. The van der Waals surface area contributed by atoms with Crippen LogP contribution in [0, 0.1) is 0 Å². The SMILES string of the molecule is CCCCNc1cncc(B2OC(C)(C)C(C)(C)O2)c1. The molecule has 20 heavy (non-hydrogen) atoms. The second kappa shape index (κ2) is 5.74. The summed E-state index contributed by atoms with van der Waals surface area (Å²) in [6, 6.07) is 2.06. The van der Waals surface area contributed by atoms with Gasteiger partial charge in [0.05, 0.1) is 16.9 Å². The molecule has 0 saturated carbocycles. The van der Waals surface area contributed by atoms with Gasteiger partial charge in [-0.3, -0.25) is 4.98 Å². The van der Waals surface area contributed by atoms with Crippen molar-refractivity contribution in [2.75, 3.05) is 11.9 Å². The first-order chi connectivity index (χ1) is 9.36. The van der Waals surface area contributed by atoms with Crippen molar-refractivity contribution in [3.63, 3.8) is 0 Å². The Kier molecular flexibility index (Phi) is 4.40. The van der Waals surface area contributed by atoms with Crippen molar-refractivity contribution in [2.45, 2.75) is 58.7 Å². The zero-order chi connectivity index (χ0) is 14.8. The maximum absolute atomic E-state index is 6.04. The van der Waals surface area contributed by atoms with Crippen LogP contribution in [0.4, 0.5) is 5.69 Å². The highest BCUT2D eigenvalue weighted by atomic mass is 16.7. The Bertz CT molecular complexity index is 447. The number of hydrogen-bond donors (Lipinski definition) is 1. The van der Waals surface area contributed by atoms with Crippen molar-refractivity contribution in [3.05, 3.63) is 18.5 Å². The number of aromatic nitrogens is 1. The summed E-state index contributed by atoms with van der Waals surface area (Å²) in [6.07, 6.45) is 5.98. The molecule has 1 N–H and O–H groups in total. The fraction of sp³-hybridized carbons (Fsp3) is 0.667. The predicted octanol–water partition coefficient (Wildman–Crippen LogP) is 2.59. The number of nitrogens with one attached hydrogen (secondary N) is 1. The normalized spacial score (nSPS) is 20.1. The van der Waals surface area contributed by atoms with E-state index in [9.17, 15) is 0 Å². The van der Waals surface area contributed by atoms with Gasteiger partial charge in [-0.15, -0.1) is 0 Å². The topological polar surface area (TPSA) is 43.4 Å². The van der Waals surface area contributed by atoms with Gasteiger partial charge >= 0.3 is 7.12 Å². The summed E-state index contributed by atoms with van der Waals surface area (Å²) in [5.41, 5.74) is 1.35. The third kappa shape index (κ3) is 3.15. The van der Waals surface area contributed by atoms with Crippen LogP contribution < -0.4 is 10.8 Å². The van der Waals surface area contributed by atoms with Crippen molar-refractivity contribution in [1.29, 1.82) is 0 Å².